The van der Waals surface area contributed by atoms with Crippen LogP contribution >= 0.6 is 0 Å². The molecular weight excluding hydrogens is 681 g/mol. The smallest absolute Gasteiger partial charge is 0.0702 e. The van der Waals surface area contributed by atoms with Gasteiger partial charge in [0.1, 0.15) is 0 Å². The standard InChI is InChI=1S/C52H40N4/c1-51(2)42-19-11-17-40-41-18-12-20-43-49(41)56(48(40)42)50-44(51)31-36(32-45(50)52(43,3)4)33-23-25-37(26-24-33)55(38-15-9-13-34(29-38)46-21-5-7-27-53-46)39-16-10-14-35(30-39)47-22-6-8-28-54-47/h5-32H,1-4H3. The van der Waals surface area contributed by atoms with Crippen molar-refractivity contribution >= 4 is 38.9 Å². The van der Waals surface area contributed by atoms with Gasteiger partial charge in [0.15, 0.2) is 0 Å². The van der Waals surface area contributed by atoms with Crippen molar-refractivity contribution in [2.24, 2.45) is 0 Å². The second kappa shape index (κ2) is 11.9. The number of hydrogen-bond donors (Lipinski definition) is 0. The van der Waals surface area contributed by atoms with E-state index in [9.17, 15) is 0 Å². The molecule has 4 heteroatoms. The Morgan fingerprint density at radius 1 is 0.411 bits per heavy atom. The highest BCUT2D eigenvalue weighted by atomic mass is 15.1. The Morgan fingerprint density at radius 2 is 0.911 bits per heavy atom. The molecule has 0 N–H and O–H groups in total. The van der Waals surface area contributed by atoms with Gasteiger partial charge in [0.05, 0.1) is 28.1 Å². The molecule has 0 fully saturated rings. The van der Waals surface area contributed by atoms with Gasteiger partial charge in [-0.15, -0.1) is 0 Å². The Morgan fingerprint density at radius 3 is 1.39 bits per heavy atom. The average molecular weight is 721 g/mol. The van der Waals surface area contributed by atoms with Crippen molar-refractivity contribution in [3.05, 3.63) is 192 Å². The summed E-state index contributed by atoms with van der Waals surface area (Å²) < 4.78 is 2.60. The average Bonchev–Trinajstić information content (AvgIpc) is 3.58. The van der Waals surface area contributed by atoms with Crippen LogP contribution in [0.4, 0.5) is 17.1 Å². The lowest BCUT2D eigenvalue weighted by atomic mass is 9.68. The summed E-state index contributed by atoms with van der Waals surface area (Å²) in [4.78, 5) is 11.7. The van der Waals surface area contributed by atoms with Crippen LogP contribution in [0, 0.1) is 0 Å². The summed E-state index contributed by atoms with van der Waals surface area (Å²) in [6.07, 6.45) is 3.70. The molecule has 0 atom stereocenters. The van der Waals surface area contributed by atoms with E-state index in [1.165, 1.54) is 60.9 Å². The second-order valence-electron chi connectivity index (χ2n) is 16.3. The van der Waals surface area contributed by atoms with Gasteiger partial charge in [-0.05, 0) is 106 Å². The van der Waals surface area contributed by atoms with Crippen molar-refractivity contribution in [2.75, 3.05) is 4.90 Å². The molecule has 2 aliphatic heterocycles. The van der Waals surface area contributed by atoms with E-state index in [2.05, 4.69) is 181 Å². The molecule has 4 nitrogen and oxygen atoms in total. The van der Waals surface area contributed by atoms with Gasteiger partial charge in [0.2, 0.25) is 0 Å². The first-order valence-electron chi connectivity index (χ1n) is 19.5. The monoisotopic (exact) mass is 720 g/mol. The van der Waals surface area contributed by atoms with E-state index in [-0.39, 0.29) is 10.8 Å². The third kappa shape index (κ3) is 4.65. The minimum absolute atomic E-state index is 0.175. The minimum atomic E-state index is -0.175. The van der Waals surface area contributed by atoms with Crippen molar-refractivity contribution in [1.82, 2.24) is 14.5 Å². The number of hydrogen-bond acceptors (Lipinski definition) is 3. The van der Waals surface area contributed by atoms with E-state index in [4.69, 9.17) is 0 Å². The van der Waals surface area contributed by atoms with Crippen LogP contribution in [0.5, 0.6) is 0 Å². The SMILES string of the molecule is CC1(C)c2cc(-c3ccc(N(c4cccc(-c5ccccn5)c4)c4cccc(-c5ccccn5)c4)cc3)cc3c2-n2c4c1cccc4c1cccc(c12)C3(C)C. The maximum absolute atomic E-state index is 4.67. The molecule has 0 amide bonds. The maximum atomic E-state index is 4.67. The highest BCUT2D eigenvalue weighted by molar-refractivity contribution is 6.14. The molecule has 5 heterocycles. The number of aromatic nitrogens is 3. The second-order valence-corrected chi connectivity index (χ2v) is 16.3. The summed E-state index contributed by atoms with van der Waals surface area (Å²) >= 11 is 0. The number of benzene rings is 6. The molecular formula is C52H40N4. The summed E-state index contributed by atoms with van der Waals surface area (Å²) in [7, 11) is 0. The lowest BCUT2D eigenvalue weighted by Crippen LogP contribution is -2.33. The van der Waals surface area contributed by atoms with Gasteiger partial charge in [-0.25, -0.2) is 0 Å². The Kier molecular flexibility index (Phi) is 6.91. The molecule has 0 unspecified atom stereocenters. The number of fused-ring (bicyclic) bond motifs is 1. The van der Waals surface area contributed by atoms with Crippen LogP contribution in [-0.2, 0) is 10.8 Å². The molecule has 0 saturated carbocycles. The Labute approximate surface area is 327 Å². The summed E-state index contributed by atoms with van der Waals surface area (Å²) in [5, 5.41) is 2.70. The van der Waals surface area contributed by atoms with Crippen molar-refractivity contribution in [1.29, 1.82) is 0 Å². The molecule has 3 aromatic heterocycles. The van der Waals surface area contributed by atoms with Crippen LogP contribution in [0.15, 0.2) is 170 Å². The highest BCUT2D eigenvalue weighted by Crippen LogP contribution is 2.56. The van der Waals surface area contributed by atoms with Gasteiger partial charge >= 0.3 is 0 Å². The molecule has 0 spiro atoms. The van der Waals surface area contributed by atoms with Gasteiger partial charge < -0.3 is 9.47 Å². The van der Waals surface area contributed by atoms with Crippen LogP contribution in [-0.4, -0.2) is 14.5 Å². The zero-order valence-corrected chi connectivity index (χ0v) is 32.0. The summed E-state index contributed by atoms with van der Waals surface area (Å²) in [5.41, 5.74) is 18.9. The number of para-hydroxylation sites is 2. The van der Waals surface area contributed by atoms with Crippen LogP contribution in [0.3, 0.4) is 0 Å². The molecule has 0 aliphatic carbocycles. The Hall–Kier alpha value is -6.78. The highest BCUT2D eigenvalue weighted by Gasteiger charge is 2.43. The van der Waals surface area contributed by atoms with E-state index in [0.717, 1.165) is 39.6 Å². The molecule has 2 aliphatic rings. The van der Waals surface area contributed by atoms with Gasteiger partial charge in [-0.3, -0.25) is 9.97 Å². The first-order valence-corrected chi connectivity index (χ1v) is 19.5. The van der Waals surface area contributed by atoms with Crippen molar-refractivity contribution in [3.63, 3.8) is 0 Å². The Balaban J connectivity index is 1.07. The predicted octanol–water partition coefficient (Wildman–Crippen LogP) is 13.3. The van der Waals surface area contributed by atoms with E-state index >= 15 is 0 Å². The molecule has 268 valence electrons. The fourth-order valence-electron chi connectivity index (χ4n) is 9.56. The largest absolute Gasteiger partial charge is 0.310 e. The zero-order chi connectivity index (χ0) is 37.8. The third-order valence-electron chi connectivity index (χ3n) is 12.4. The molecule has 0 bridgehead atoms. The molecule has 0 radical (unpaired) electrons. The maximum Gasteiger partial charge on any atom is 0.0702 e. The molecule has 11 rings (SSSR count). The number of pyridine rings is 2. The van der Waals surface area contributed by atoms with Crippen LogP contribution in [0.1, 0.15) is 49.9 Å². The van der Waals surface area contributed by atoms with Gasteiger partial charge in [0.25, 0.3) is 0 Å². The number of rotatable bonds is 6. The number of nitrogens with zero attached hydrogens (tertiary/aromatic N) is 4. The van der Waals surface area contributed by atoms with Crippen LogP contribution < -0.4 is 4.90 Å². The number of anilines is 3. The normalized spacial score (nSPS) is 14.4. The molecule has 56 heavy (non-hydrogen) atoms. The fraction of sp³-hybridized carbons (Fsp3) is 0.115. The van der Waals surface area contributed by atoms with E-state index in [1.54, 1.807) is 0 Å². The topological polar surface area (TPSA) is 34.0 Å². The molecule has 6 aromatic carbocycles. The van der Waals surface area contributed by atoms with Crippen molar-refractivity contribution in [3.8, 4) is 39.3 Å². The van der Waals surface area contributed by atoms with E-state index in [1.807, 2.05) is 36.7 Å². The summed E-state index contributed by atoms with van der Waals surface area (Å²) in [6, 6.07) is 57.3. The minimum Gasteiger partial charge on any atom is -0.310 e. The van der Waals surface area contributed by atoms with Gasteiger partial charge in [-0.1, -0.05) is 113 Å². The van der Waals surface area contributed by atoms with Crippen molar-refractivity contribution in [2.45, 2.75) is 38.5 Å². The van der Waals surface area contributed by atoms with Crippen LogP contribution in [0.2, 0.25) is 0 Å². The first kappa shape index (κ1) is 32.6. The lowest BCUT2D eigenvalue weighted by Gasteiger charge is -2.42. The first-order chi connectivity index (χ1) is 27.3. The quantitative estimate of drug-likeness (QED) is 0.171. The van der Waals surface area contributed by atoms with E-state index < -0.39 is 0 Å². The molecule has 0 saturated heterocycles. The van der Waals surface area contributed by atoms with Crippen molar-refractivity contribution < 1.29 is 0 Å². The lowest BCUT2D eigenvalue weighted by molar-refractivity contribution is 0.594. The fourth-order valence-corrected chi connectivity index (χ4v) is 9.56. The zero-order valence-electron chi connectivity index (χ0n) is 32.0. The van der Waals surface area contributed by atoms with Crippen LogP contribution in [0.25, 0.3) is 61.1 Å². The summed E-state index contributed by atoms with van der Waals surface area (Å²) in [6.45, 7) is 9.63. The van der Waals surface area contributed by atoms with Gasteiger partial charge in [-0.2, -0.15) is 0 Å². The predicted molar refractivity (Wildman–Crippen MR) is 232 cm³/mol. The van der Waals surface area contributed by atoms with E-state index in [0.29, 0.717) is 0 Å². The van der Waals surface area contributed by atoms with Gasteiger partial charge in [0, 0.05) is 62.2 Å². The summed E-state index contributed by atoms with van der Waals surface area (Å²) in [5.74, 6) is 0. The molecule has 9 aromatic rings. The Bertz CT molecular complexity index is 2830. The third-order valence-corrected chi connectivity index (χ3v) is 12.4.